The lowest BCUT2D eigenvalue weighted by Crippen LogP contribution is -2.48. The normalized spacial score (nSPS) is 12.9. The lowest BCUT2D eigenvalue weighted by Gasteiger charge is -2.32. The third-order valence-corrected chi connectivity index (χ3v) is 7.06. The minimum Gasteiger partial charge on any atom is -0.355 e. The summed E-state index contributed by atoms with van der Waals surface area (Å²) in [5, 5.41) is 6.80. The van der Waals surface area contributed by atoms with Crippen LogP contribution in [0, 0.1) is 12.8 Å². The van der Waals surface area contributed by atoms with Crippen LogP contribution in [0.15, 0.2) is 66.9 Å². The first-order chi connectivity index (χ1) is 18.3. The zero-order valence-electron chi connectivity index (χ0n) is 23.0. The van der Waals surface area contributed by atoms with Crippen molar-refractivity contribution in [1.82, 2.24) is 20.3 Å². The fourth-order valence-electron chi connectivity index (χ4n) is 4.79. The number of amides is 2. The molecule has 1 aromatic heterocycles. The van der Waals surface area contributed by atoms with E-state index in [4.69, 9.17) is 0 Å². The number of fused-ring (bicyclic) bond motifs is 1. The Hall–Kier alpha value is -3.71. The van der Waals surface area contributed by atoms with Crippen LogP contribution in [0.5, 0.6) is 0 Å². The Labute approximate surface area is 226 Å². The molecule has 0 atom stereocenters. The van der Waals surface area contributed by atoms with Gasteiger partial charge in [0.25, 0.3) is 5.91 Å². The molecule has 0 unspecified atom stereocenters. The molecule has 0 saturated carbocycles. The number of likely N-dealkylation sites (N-methyl/N-ethyl adjacent to an activating group) is 1. The van der Waals surface area contributed by atoms with Gasteiger partial charge in [-0.2, -0.15) is 0 Å². The van der Waals surface area contributed by atoms with Gasteiger partial charge in [-0.25, -0.2) is 5.01 Å². The van der Waals surface area contributed by atoms with E-state index in [1.807, 2.05) is 72.4 Å². The zero-order chi connectivity index (χ0) is 27.1. The molecule has 0 radical (unpaired) electrons. The van der Waals surface area contributed by atoms with E-state index in [1.165, 1.54) is 11.1 Å². The van der Waals surface area contributed by atoms with Crippen LogP contribution in [0.1, 0.15) is 43.4 Å². The number of hydrogen-bond acceptors (Lipinski definition) is 5. The van der Waals surface area contributed by atoms with Gasteiger partial charge in [0, 0.05) is 44.1 Å². The van der Waals surface area contributed by atoms with Gasteiger partial charge in [0.05, 0.1) is 18.8 Å². The topological polar surface area (TPSA) is 68.8 Å². The molecule has 2 heterocycles. The van der Waals surface area contributed by atoms with E-state index in [1.54, 1.807) is 11.2 Å². The Balaban J connectivity index is 1.52. The van der Waals surface area contributed by atoms with Gasteiger partial charge in [-0.05, 0) is 60.6 Å². The van der Waals surface area contributed by atoms with Crippen LogP contribution in [-0.2, 0) is 22.7 Å². The van der Waals surface area contributed by atoms with Crippen LogP contribution in [0.25, 0.3) is 11.3 Å². The van der Waals surface area contributed by atoms with Gasteiger partial charge in [-0.3, -0.25) is 19.6 Å². The molecule has 1 aliphatic heterocycles. The number of carbonyl (C=O) groups is 2. The number of carbonyl (C=O) groups excluding carboxylic acids is 2. The Morgan fingerprint density at radius 1 is 1.00 bits per heavy atom. The average Bonchev–Trinajstić information content (AvgIpc) is 3.35. The molecule has 4 rings (SSSR count). The summed E-state index contributed by atoms with van der Waals surface area (Å²) in [6.45, 7) is 8.60. The molecule has 2 aromatic carbocycles. The van der Waals surface area contributed by atoms with Crippen molar-refractivity contribution in [2.75, 3.05) is 31.6 Å². The van der Waals surface area contributed by atoms with Crippen molar-refractivity contribution >= 4 is 17.5 Å². The third-order valence-electron chi connectivity index (χ3n) is 7.06. The molecular formula is C31H39N5O2. The standard InChI is InChI=1S/C31H39N5O2/c1-23(2)10-9-17-33-30(37)21-35(29-18-25(15-14-24(29)3)28-13-7-8-16-32-28)22-31(38)34(4)36-19-26-11-5-6-12-27(26)20-36/h5-8,11-16,18,23H,9-10,17,19-22H2,1-4H3,(H,33,37). The summed E-state index contributed by atoms with van der Waals surface area (Å²) >= 11 is 0. The largest absolute Gasteiger partial charge is 0.355 e. The quantitative estimate of drug-likeness (QED) is 0.373. The number of hydrogen-bond donors (Lipinski definition) is 1. The first-order valence-electron chi connectivity index (χ1n) is 13.4. The van der Waals surface area contributed by atoms with E-state index < -0.39 is 0 Å². The van der Waals surface area contributed by atoms with Crippen molar-refractivity contribution in [3.8, 4) is 11.3 Å². The Bertz CT molecular complexity index is 1220. The van der Waals surface area contributed by atoms with Crippen molar-refractivity contribution in [2.45, 2.75) is 46.7 Å². The number of benzene rings is 2. The number of hydrazine groups is 1. The number of nitrogens with zero attached hydrogens (tertiary/aromatic N) is 4. The van der Waals surface area contributed by atoms with Crippen molar-refractivity contribution in [3.05, 3.63) is 83.6 Å². The first-order valence-corrected chi connectivity index (χ1v) is 13.4. The smallest absolute Gasteiger partial charge is 0.256 e. The number of pyridine rings is 1. The van der Waals surface area contributed by atoms with Crippen molar-refractivity contribution in [1.29, 1.82) is 0 Å². The van der Waals surface area contributed by atoms with Gasteiger partial charge >= 0.3 is 0 Å². The Kier molecular flexibility index (Phi) is 9.13. The molecule has 0 spiro atoms. The van der Waals surface area contributed by atoms with Gasteiger partial charge < -0.3 is 10.2 Å². The maximum Gasteiger partial charge on any atom is 0.256 e. The maximum absolute atomic E-state index is 13.5. The summed E-state index contributed by atoms with van der Waals surface area (Å²) in [4.78, 5) is 32.9. The molecule has 1 N–H and O–H groups in total. The molecule has 7 heteroatoms. The summed E-state index contributed by atoms with van der Waals surface area (Å²) in [5.74, 6) is 0.457. The molecule has 0 bridgehead atoms. The van der Waals surface area contributed by atoms with Crippen molar-refractivity contribution in [2.24, 2.45) is 5.92 Å². The summed E-state index contributed by atoms with van der Waals surface area (Å²) in [5.41, 5.74) is 6.14. The fourth-order valence-corrected chi connectivity index (χ4v) is 4.79. The number of rotatable bonds is 11. The molecule has 200 valence electrons. The minimum atomic E-state index is -0.0829. The molecule has 0 aliphatic carbocycles. The second-order valence-electron chi connectivity index (χ2n) is 10.5. The molecule has 2 amide bonds. The molecule has 0 saturated heterocycles. The van der Waals surface area contributed by atoms with Crippen LogP contribution >= 0.6 is 0 Å². The lowest BCUT2D eigenvalue weighted by molar-refractivity contribution is -0.145. The Morgan fingerprint density at radius 3 is 2.37 bits per heavy atom. The van der Waals surface area contributed by atoms with Crippen LogP contribution in [0.3, 0.4) is 0 Å². The van der Waals surface area contributed by atoms with Gasteiger partial charge in [0.1, 0.15) is 0 Å². The summed E-state index contributed by atoms with van der Waals surface area (Å²) < 4.78 is 0. The first kappa shape index (κ1) is 27.3. The van der Waals surface area contributed by atoms with E-state index in [9.17, 15) is 9.59 Å². The second-order valence-corrected chi connectivity index (χ2v) is 10.5. The third kappa shape index (κ3) is 6.98. The molecule has 1 aliphatic rings. The van der Waals surface area contributed by atoms with Crippen LogP contribution in [-0.4, -0.2) is 53.5 Å². The molecule has 7 nitrogen and oxygen atoms in total. The lowest BCUT2D eigenvalue weighted by atomic mass is 10.1. The van der Waals surface area contributed by atoms with Crippen molar-refractivity contribution < 1.29 is 9.59 Å². The minimum absolute atomic E-state index is 0.0620. The van der Waals surface area contributed by atoms with Gasteiger partial charge in [0.2, 0.25) is 5.91 Å². The summed E-state index contributed by atoms with van der Waals surface area (Å²) in [6.07, 6.45) is 3.77. The summed E-state index contributed by atoms with van der Waals surface area (Å²) in [7, 11) is 1.82. The predicted octanol–water partition coefficient (Wildman–Crippen LogP) is 4.81. The average molecular weight is 514 g/mol. The van der Waals surface area contributed by atoms with Crippen LogP contribution < -0.4 is 10.2 Å². The molecular weight excluding hydrogens is 474 g/mol. The molecule has 0 fully saturated rings. The monoisotopic (exact) mass is 513 g/mol. The highest BCUT2D eigenvalue weighted by atomic mass is 16.2. The SMILES string of the molecule is Cc1ccc(-c2ccccn2)cc1N(CC(=O)NCCCC(C)C)CC(=O)N(C)N1Cc2ccccc2C1. The van der Waals surface area contributed by atoms with Gasteiger partial charge in [-0.15, -0.1) is 0 Å². The molecule has 38 heavy (non-hydrogen) atoms. The summed E-state index contributed by atoms with van der Waals surface area (Å²) in [6, 6.07) is 20.2. The van der Waals surface area contributed by atoms with E-state index >= 15 is 0 Å². The van der Waals surface area contributed by atoms with Crippen LogP contribution in [0.4, 0.5) is 5.69 Å². The van der Waals surface area contributed by atoms with E-state index in [0.717, 1.165) is 35.3 Å². The Morgan fingerprint density at radius 2 is 1.71 bits per heavy atom. The van der Waals surface area contributed by atoms with E-state index in [0.29, 0.717) is 25.6 Å². The molecule has 3 aromatic rings. The number of nitrogens with one attached hydrogen (secondary N) is 1. The van der Waals surface area contributed by atoms with Gasteiger partial charge in [-0.1, -0.05) is 56.3 Å². The zero-order valence-corrected chi connectivity index (χ0v) is 23.0. The van der Waals surface area contributed by atoms with Gasteiger partial charge in [0.15, 0.2) is 0 Å². The fraction of sp³-hybridized carbons (Fsp3) is 0.387. The highest BCUT2D eigenvalue weighted by molar-refractivity contribution is 5.87. The predicted molar refractivity (Wildman–Crippen MR) is 152 cm³/mol. The number of aryl methyl sites for hydroxylation is 1. The number of anilines is 1. The number of aromatic nitrogens is 1. The highest BCUT2D eigenvalue weighted by Gasteiger charge is 2.27. The van der Waals surface area contributed by atoms with E-state index in [-0.39, 0.29) is 24.9 Å². The van der Waals surface area contributed by atoms with Crippen molar-refractivity contribution in [3.63, 3.8) is 0 Å². The maximum atomic E-state index is 13.5. The highest BCUT2D eigenvalue weighted by Crippen LogP contribution is 2.28. The van der Waals surface area contributed by atoms with Crippen LogP contribution in [0.2, 0.25) is 0 Å². The second kappa shape index (κ2) is 12.7. The van der Waals surface area contributed by atoms with E-state index in [2.05, 4.69) is 36.3 Å².